The van der Waals surface area contributed by atoms with Crippen LogP contribution in [0.25, 0.3) is 0 Å². The summed E-state index contributed by atoms with van der Waals surface area (Å²) in [5.41, 5.74) is -3.88. The topological polar surface area (TPSA) is 277 Å². The van der Waals surface area contributed by atoms with Crippen LogP contribution in [0.4, 0.5) is 0 Å². The fraction of sp³-hybridized carbons (Fsp3) is 0.368. The highest BCUT2D eigenvalue weighted by Crippen LogP contribution is 2.07. The summed E-state index contributed by atoms with van der Waals surface area (Å²) in [4.78, 5) is 102. The molecule has 0 saturated carbocycles. The van der Waals surface area contributed by atoms with Gasteiger partial charge in [0.15, 0.2) is 11.6 Å². The van der Waals surface area contributed by atoms with E-state index in [9.17, 15) is 59.2 Å². The molecule has 6 N–H and O–H groups in total. The zero-order valence-corrected chi connectivity index (χ0v) is 32.0. The Hall–Kier alpha value is -6.84. The lowest BCUT2D eigenvalue weighted by molar-refractivity contribution is 0.0784. The lowest BCUT2D eigenvalue weighted by Crippen LogP contribution is -2.40. The monoisotopic (exact) mass is 822 g/mol. The average Bonchev–Trinajstić information content (AvgIpc) is 3.21. The number of hydrogen-bond donors (Lipinski definition) is 6. The van der Waals surface area contributed by atoms with E-state index >= 15 is 0 Å². The molecule has 4 aromatic heterocycles. The Labute approximate surface area is 335 Å². The zero-order valence-electron chi connectivity index (χ0n) is 32.0. The number of carbonyl (C=O) groups excluding carboxylic acids is 4. The third kappa shape index (κ3) is 13.1. The van der Waals surface area contributed by atoms with Gasteiger partial charge in [0.2, 0.25) is 0 Å². The molecule has 316 valence electrons. The SMILES string of the molecule is O=C(CCCN(CCNC(=O)c1cccc(=O)n1O)CCOCCN(CCCC(=O)c1cccc(=O)n1O)CCNC(=O)c1cccc(=O)n1O)c1cccc(=O)n1O. The summed E-state index contributed by atoms with van der Waals surface area (Å²) in [6, 6.07) is 15.0. The van der Waals surface area contributed by atoms with Crippen LogP contribution >= 0.6 is 0 Å². The smallest absolute Gasteiger partial charge is 0.283 e. The second kappa shape index (κ2) is 22.2. The number of nitrogens with zero attached hydrogens (tertiary/aromatic N) is 6. The van der Waals surface area contributed by atoms with Gasteiger partial charge in [-0.2, -0.15) is 0 Å². The number of amides is 2. The van der Waals surface area contributed by atoms with Gasteiger partial charge in [0.1, 0.15) is 22.8 Å². The molecule has 59 heavy (non-hydrogen) atoms. The minimum atomic E-state index is -0.777. The first-order valence-corrected chi connectivity index (χ1v) is 18.6. The molecule has 0 aliphatic rings. The maximum Gasteiger partial charge on any atom is 0.283 e. The van der Waals surface area contributed by atoms with Crippen molar-refractivity contribution in [3.63, 3.8) is 0 Å². The summed E-state index contributed by atoms with van der Waals surface area (Å²) in [5, 5.41) is 45.0. The van der Waals surface area contributed by atoms with Gasteiger partial charge in [0.05, 0.1) is 13.2 Å². The highest BCUT2D eigenvalue weighted by atomic mass is 16.5. The van der Waals surface area contributed by atoms with Crippen LogP contribution in [0.1, 0.15) is 67.6 Å². The number of rotatable bonds is 24. The first-order valence-electron chi connectivity index (χ1n) is 18.6. The highest BCUT2D eigenvalue weighted by molar-refractivity contribution is 5.95. The molecule has 0 aliphatic carbocycles. The van der Waals surface area contributed by atoms with Crippen LogP contribution in [-0.4, -0.2) is 139 Å². The standard InChI is InChI=1S/C38H46N8O13/c47-31(27-7-1-13-33(49)43(27)55)11-5-19-41(21-17-39-37(53)29-9-3-15-35(51)45(29)57)23-25-59-26-24-42(20-6-12-32(48)28-8-2-14-34(50)44(28)56)22-18-40-38(54)30-10-4-16-36(52)46(30)58/h1-4,7-10,13-16,55-58H,5-6,11-12,17-26H2,(H,39,53)(H,40,54). The minimum Gasteiger partial charge on any atom is -0.425 e. The van der Waals surface area contributed by atoms with Gasteiger partial charge in [-0.1, -0.05) is 24.3 Å². The molecule has 21 nitrogen and oxygen atoms in total. The minimum absolute atomic E-state index is 0.0101. The van der Waals surface area contributed by atoms with Crippen LogP contribution in [-0.2, 0) is 4.74 Å². The summed E-state index contributed by atoms with van der Waals surface area (Å²) in [6.07, 6.45) is 0.606. The summed E-state index contributed by atoms with van der Waals surface area (Å²) in [5.74, 6) is -2.30. The van der Waals surface area contributed by atoms with Crippen LogP contribution in [0.3, 0.4) is 0 Å². The summed E-state index contributed by atoms with van der Waals surface area (Å²) < 4.78 is 6.97. The van der Waals surface area contributed by atoms with Crippen molar-refractivity contribution in [2.45, 2.75) is 25.7 Å². The van der Waals surface area contributed by atoms with Gasteiger partial charge in [-0.3, -0.25) is 48.2 Å². The molecule has 0 atom stereocenters. The van der Waals surface area contributed by atoms with Gasteiger partial charge >= 0.3 is 0 Å². The van der Waals surface area contributed by atoms with Gasteiger partial charge in [-0.15, -0.1) is 18.9 Å². The molecule has 21 heteroatoms. The lowest BCUT2D eigenvalue weighted by atomic mass is 10.1. The third-order valence-electron chi connectivity index (χ3n) is 9.04. The van der Waals surface area contributed by atoms with E-state index in [0.29, 0.717) is 39.0 Å². The number of pyridine rings is 4. The number of aromatic nitrogens is 4. The molecule has 0 bridgehead atoms. The van der Waals surface area contributed by atoms with E-state index in [-0.39, 0.29) is 93.9 Å². The van der Waals surface area contributed by atoms with E-state index in [1.165, 1.54) is 48.5 Å². The molecule has 4 rings (SSSR count). The number of Topliss-reactive ketones (excluding diaryl/α,β-unsaturated/α-hetero) is 2. The summed E-state index contributed by atoms with van der Waals surface area (Å²) in [7, 11) is 0. The Morgan fingerprint density at radius 2 is 0.797 bits per heavy atom. The molecular formula is C38H46N8O13. The second-order valence-electron chi connectivity index (χ2n) is 13.1. The molecule has 0 spiro atoms. The van der Waals surface area contributed by atoms with Crippen LogP contribution in [0.2, 0.25) is 0 Å². The Morgan fingerprint density at radius 1 is 0.475 bits per heavy atom. The van der Waals surface area contributed by atoms with Crippen molar-refractivity contribution in [2.75, 3.05) is 65.6 Å². The van der Waals surface area contributed by atoms with E-state index in [1.54, 1.807) is 0 Å². The lowest BCUT2D eigenvalue weighted by Gasteiger charge is -2.24. The largest absolute Gasteiger partial charge is 0.425 e. The van der Waals surface area contributed by atoms with Crippen LogP contribution < -0.4 is 32.9 Å². The Kier molecular flexibility index (Phi) is 16.9. The quantitative estimate of drug-likeness (QED) is 0.0292. The van der Waals surface area contributed by atoms with Gasteiger partial charge in [0.25, 0.3) is 34.1 Å². The molecule has 0 saturated heterocycles. The van der Waals surface area contributed by atoms with Crippen molar-refractivity contribution >= 4 is 23.4 Å². The Morgan fingerprint density at radius 3 is 1.15 bits per heavy atom. The molecule has 0 aromatic carbocycles. The molecule has 0 unspecified atom stereocenters. The predicted molar refractivity (Wildman–Crippen MR) is 207 cm³/mol. The Bertz CT molecular complexity index is 2020. The van der Waals surface area contributed by atoms with Crippen molar-refractivity contribution in [1.29, 1.82) is 0 Å². The van der Waals surface area contributed by atoms with Gasteiger partial charge in [-0.05, 0) is 50.2 Å². The molecule has 2 amide bonds. The van der Waals surface area contributed by atoms with Crippen LogP contribution in [0.5, 0.6) is 0 Å². The number of ketones is 2. The first-order chi connectivity index (χ1) is 28.3. The fourth-order valence-corrected chi connectivity index (χ4v) is 5.87. The van der Waals surface area contributed by atoms with E-state index in [1.807, 2.05) is 9.80 Å². The summed E-state index contributed by atoms with van der Waals surface area (Å²) >= 11 is 0. The van der Waals surface area contributed by atoms with Crippen molar-refractivity contribution in [2.24, 2.45) is 0 Å². The van der Waals surface area contributed by atoms with Crippen molar-refractivity contribution in [1.82, 2.24) is 39.4 Å². The second-order valence-corrected chi connectivity index (χ2v) is 13.1. The maximum absolute atomic E-state index is 12.7. The third-order valence-corrected chi connectivity index (χ3v) is 9.04. The van der Waals surface area contributed by atoms with Crippen LogP contribution in [0.15, 0.2) is 92.0 Å². The van der Waals surface area contributed by atoms with E-state index in [2.05, 4.69) is 10.6 Å². The number of nitrogens with one attached hydrogen (secondary N) is 2. The van der Waals surface area contributed by atoms with Crippen LogP contribution in [0, 0.1) is 0 Å². The van der Waals surface area contributed by atoms with Crippen molar-refractivity contribution < 1.29 is 44.7 Å². The predicted octanol–water partition coefficient (Wildman–Crippen LogP) is -0.611. The fourth-order valence-electron chi connectivity index (χ4n) is 5.87. The average molecular weight is 823 g/mol. The summed E-state index contributed by atoms with van der Waals surface area (Å²) in [6.45, 7) is 2.47. The van der Waals surface area contributed by atoms with E-state index in [4.69, 9.17) is 4.74 Å². The normalized spacial score (nSPS) is 11.2. The van der Waals surface area contributed by atoms with Gasteiger partial charge < -0.3 is 36.2 Å². The molecule has 0 radical (unpaired) electrons. The molecule has 0 aliphatic heterocycles. The zero-order chi connectivity index (χ0) is 42.9. The molecule has 0 fully saturated rings. The Balaban J connectivity index is 1.33. The highest BCUT2D eigenvalue weighted by Gasteiger charge is 2.17. The maximum atomic E-state index is 12.7. The molecule has 4 aromatic rings. The molecular weight excluding hydrogens is 776 g/mol. The van der Waals surface area contributed by atoms with Gasteiger partial charge in [-0.25, -0.2) is 0 Å². The van der Waals surface area contributed by atoms with Gasteiger partial charge in [0, 0.05) is 76.4 Å². The van der Waals surface area contributed by atoms with Crippen molar-refractivity contribution in [3.8, 4) is 0 Å². The number of carbonyl (C=O) groups is 4. The van der Waals surface area contributed by atoms with Crippen molar-refractivity contribution in [3.05, 3.63) is 137 Å². The van der Waals surface area contributed by atoms with E-state index in [0.717, 1.165) is 24.3 Å². The first kappa shape index (κ1) is 44.9. The van der Waals surface area contributed by atoms with E-state index < -0.39 is 45.6 Å². The number of hydrogen-bond acceptors (Lipinski definition) is 15. The molecule has 4 heterocycles. The number of ether oxygens (including phenoxy) is 1.